The normalized spacial score (nSPS) is 15.0. The van der Waals surface area contributed by atoms with Crippen LogP contribution < -0.4 is 10.0 Å². The summed E-state index contributed by atoms with van der Waals surface area (Å²) < 4.78 is 52.3. The van der Waals surface area contributed by atoms with E-state index in [1.165, 1.54) is 11.1 Å². The number of benzene rings is 1. The van der Waals surface area contributed by atoms with Crippen LogP contribution in [0.15, 0.2) is 23.4 Å². The summed E-state index contributed by atoms with van der Waals surface area (Å²) in [6.45, 7) is -0.718. The molecule has 2 amide bonds. The molecule has 2 N–H and O–H groups in total. The van der Waals surface area contributed by atoms with Gasteiger partial charge in [-0.3, -0.25) is 4.68 Å². The number of nitrogens with zero attached hydrogens (tertiary/aromatic N) is 2. The molecule has 1 aromatic carbocycles. The summed E-state index contributed by atoms with van der Waals surface area (Å²) in [6.07, 6.45) is 4.11. The van der Waals surface area contributed by atoms with E-state index in [4.69, 9.17) is 0 Å². The first-order chi connectivity index (χ1) is 13.3. The SMILES string of the molecule is O=C(Nc1c2c(cc3c1CCC3)CCC2)NS(=O)(=O)c1ccn(CC(F)F)n1.[Na]. The van der Waals surface area contributed by atoms with Gasteiger partial charge in [-0.25, -0.2) is 18.3 Å². The summed E-state index contributed by atoms with van der Waals surface area (Å²) in [7, 11) is -4.26. The first kappa shape index (κ1) is 22.2. The molecule has 4 rings (SSSR count). The van der Waals surface area contributed by atoms with Crippen LogP contribution in [-0.4, -0.2) is 60.2 Å². The van der Waals surface area contributed by atoms with Crippen molar-refractivity contribution in [1.82, 2.24) is 14.5 Å². The molecule has 0 fully saturated rings. The van der Waals surface area contributed by atoms with Gasteiger partial charge in [0, 0.05) is 41.4 Å². The van der Waals surface area contributed by atoms with Gasteiger partial charge >= 0.3 is 6.03 Å². The maximum atomic E-state index is 12.4. The third kappa shape index (κ3) is 4.65. The Morgan fingerprint density at radius 2 is 1.76 bits per heavy atom. The molecular formula is C18H20F2N4NaO3S. The Bertz CT molecular complexity index is 1010. The Labute approximate surface area is 189 Å². The fraction of sp³-hybridized carbons (Fsp3) is 0.444. The van der Waals surface area contributed by atoms with Crippen molar-refractivity contribution in [2.24, 2.45) is 0 Å². The molecule has 0 atom stereocenters. The third-order valence-corrected chi connectivity index (χ3v) is 6.38. The minimum absolute atomic E-state index is 0. The van der Waals surface area contributed by atoms with Crippen LogP contribution in [-0.2, 0) is 42.3 Å². The van der Waals surface area contributed by atoms with Crippen LogP contribution >= 0.6 is 0 Å². The van der Waals surface area contributed by atoms with Crippen LogP contribution in [0.4, 0.5) is 19.3 Å². The summed E-state index contributed by atoms with van der Waals surface area (Å²) in [5.41, 5.74) is 5.30. The predicted octanol–water partition coefficient (Wildman–Crippen LogP) is 2.26. The summed E-state index contributed by atoms with van der Waals surface area (Å²) in [4.78, 5) is 12.4. The Balaban J connectivity index is 0.00000240. The molecule has 2 aliphatic rings. The van der Waals surface area contributed by atoms with Crippen molar-refractivity contribution >= 4 is 51.3 Å². The molecule has 0 spiro atoms. The van der Waals surface area contributed by atoms with Crippen LogP contribution in [0.1, 0.15) is 35.1 Å². The van der Waals surface area contributed by atoms with Crippen LogP contribution in [0.25, 0.3) is 0 Å². The number of hydrogen-bond acceptors (Lipinski definition) is 4. The zero-order valence-electron chi connectivity index (χ0n) is 16.0. The molecule has 151 valence electrons. The number of rotatable bonds is 5. The number of amides is 2. The number of fused-ring (bicyclic) bond motifs is 2. The molecule has 7 nitrogen and oxygen atoms in total. The van der Waals surface area contributed by atoms with Gasteiger partial charge in [-0.2, -0.15) is 13.5 Å². The molecule has 0 aliphatic heterocycles. The number of halogens is 2. The molecule has 0 saturated heterocycles. The van der Waals surface area contributed by atoms with Crippen LogP contribution in [0.2, 0.25) is 0 Å². The molecular weight excluding hydrogens is 413 g/mol. The fourth-order valence-electron chi connectivity index (χ4n) is 4.01. The summed E-state index contributed by atoms with van der Waals surface area (Å²) in [5, 5.41) is 5.85. The van der Waals surface area contributed by atoms with E-state index < -0.39 is 34.1 Å². The van der Waals surface area contributed by atoms with Gasteiger partial charge in [0.1, 0.15) is 6.54 Å². The van der Waals surface area contributed by atoms with Gasteiger partial charge in [-0.1, -0.05) is 6.07 Å². The summed E-state index contributed by atoms with van der Waals surface area (Å²) >= 11 is 0. The maximum absolute atomic E-state index is 12.4. The third-order valence-electron chi connectivity index (χ3n) is 5.16. The molecule has 2 aromatic rings. The van der Waals surface area contributed by atoms with Gasteiger partial charge in [-0.05, 0) is 66.8 Å². The number of nitrogens with one attached hydrogen (secondary N) is 2. The van der Waals surface area contributed by atoms with Crippen molar-refractivity contribution < 1.29 is 22.0 Å². The van der Waals surface area contributed by atoms with Gasteiger partial charge in [0.15, 0.2) is 5.03 Å². The number of aryl methyl sites for hydroxylation is 2. The van der Waals surface area contributed by atoms with Crippen molar-refractivity contribution in [3.63, 3.8) is 0 Å². The van der Waals surface area contributed by atoms with E-state index in [0.29, 0.717) is 0 Å². The molecule has 0 unspecified atom stereocenters. The van der Waals surface area contributed by atoms with E-state index in [1.54, 1.807) is 0 Å². The Hall–Kier alpha value is -1.49. The number of carbonyl (C=O) groups is 1. The van der Waals surface area contributed by atoms with E-state index in [2.05, 4.69) is 16.5 Å². The molecule has 0 bridgehead atoms. The first-order valence-electron chi connectivity index (χ1n) is 9.15. The Morgan fingerprint density at radius 1 is 1.14 bits per heavy atom. The summed E-state index contributed by atoms with van der Waals surface area (Å²) in [5.74, 6) is 0. The minimum Gasteiger partial charge on any atom is -0.307 e. The molecule has 1 radical (unpaired) electrons. The predicted molar refractivity (Wildman–Crippen MR) is 104 cm³/mol. The minimum atomic E-state index is -4.26. The quantitative estimate of drug-likeness (QED) is 0.708. The van der Waals surface area contributed by atoms with Crippen molar-refractivity contribution in [1.29, 1.82) is 0 Å². The molecule has 1 aromatic heterocycles. The van der Waals surface area contributed by atoms with Gasteiger partial charge in [0.05, 0.1) is 0 Å². The van der Waals surface area contributed by atoms with E-state index in [-0.39, 0.29) is 29.6 Å². The zero-order valence-corrected chi connectivity index (χ0v) is 18.9. The maximum Gasteiger partial charge on any atom is 0.333 e. The van der Waals surface area contributed by atoms with Crippen molar-refractivity contribution in [2.75, 3.05) is 5.32 Å². The van der Waals surface area contributed by atoms with E-state index in [9.17, 15) is 22.0 Å². The summed E-state index contributed by atoms with van der Waals surface area (Å²) in [6, 6.07) is 2.41. The van der Waals surface area contributed by atoms with Crippen molar-refractivity contribution in [3.8, 4) is 0 Å². The van der Waals surface area contributed by atoms with Gasteiger partial charge in [0.2, 0.25) is 0 Å². The number of hydrogen-bond donors (Lipinski definition) is 2. The average molecular weight is 433 g/mol. The second kappa shape index (κ2) is 8.71. The number of sulfonamides is 1. The molecule has 11 heteroatoms. The van der Waals surface area contributed by atoms with E-state index in [1.807, 2.05) is 4.72 Å². The number of anilines is 1. The second-order valence-corrected chi connectivity index (χ2v) is 8.69. The zero-order chi connectivity index (χ0) is 19.9. The Morgan fingerprint density at radius 3 is 2.34 bits per heavy atom. The Kier molecular flexibility index (Phi) is 6.67. The van der Waals surface area contributed by atoms with Crippen molar-refractivity contribution in [3.05, 3.63) is 40.6 Å². The molecule has 29 heavy (non-hydrogen) atoms. The largest absolute Gasteiger partial charge is 0.333 e. The monoisotopic (exact) mass is 433 g/mol. The van der Waals surface area contributed by atoms with Gasteiger partial charge in [0.25, 0.3) is 16.4 Å². The topological polar surface area (TPSA) is 93.1 Å². The standard InChI is InChI=1S/C18H20F2N4O3S.Na/c19-15(20)10-24-8-7-16(22-24)28(26,27)23-18(25)21-17-13-5-1-3-11(13)9-12-4-2-6-14(12)17;/h7-9,15H,1-6,10H2,(H2,21,23,25);. The average Bonchev–Trinajstić information content (AvgIpc) is 3.32. The number of aromatic nitrogens is 2. The number of carbonyl (C=O) groups excluding carboxylic acids is 1. The van der Waals surface area contributed by atoms with Crippen LogP contribution in [0.3, 0.4) is 0 Å². The molecule has 1 heterocycles. The molecule has 0 saturated carbocycles. The van der Waals surface area contributed by atoms with Crippen LogP contribution in [0, 0.1) is 0 Å². The van der Waals surface area contributed by atoms with Gasteiger partial charge < -0.3 is 5.32 Å². The van der Waals surface area contributed by atoms with Gasteiger partial charge in [-0.15, -0.1) is 0 Å². The fourth-order valence-corrected chi connectivity index (χ4v) is 4.86. The second-order valence-electron chi connectivity index (χ2n) is 7.06. The molecule has 2 aliphatic carbocycles. The first-order valence-corrected chi connectivity index (χ1v) is 10.6. The number of urea groups is 1. The van der Waals surface area contributed by atoms with E-state index >= 15 is 0 Å². The van der Waals surface area contributed by atoms with Crippen molar-refractivity contribution in [2.45, 2.75) is 56.5 Å². The number of alkyl halides is 2. The van der Waals surface area contributed by atoms with Crippen LogP contribution in [0.5, 0.6) is 0 Å². The van der Waals surface area contributed by atoms with E-state index in [0.717, 1.165) is 72.3 Å². The smallest absolute Gasteiger partial charge is 0.307 e.